The summed E-state index contributed by atoms with van der Waals surface area (Å²) in [5.41, 5.74) is 2.67. The number of amides is 2. The summed E-state index contributed by atoms with van der Waals surface area (Å²) >= 11 is 1.71. The molecule has 0 aliphatic carbocycles. The van der Waals surface area contributed by atoms with Crippen molar-refractivity contribution in [3.8, 4) is 0 Å². The van der Waals surface area contributed by atoms with E-state index < -0.39 is 0 Å². The average molecular weight is 482 g/mol. The molecule has 2 amide bonds. The van der Waals surface area contributed by atoms with Gasteiger partial charge in [-0.15, -0.1) is 11.8 Å². The number of hydrogen-bond acceptors (Lipinski definition) is 6. The molecule has 0 atom stereocenters. The summed E-state index contributed by atoms with van der Waals surface area (Å²) in [6.45, 7) is 4.28. The van der Waals surface area contributed by atoms with E-state index in [0.29, 0.717) is 51.4 Å². The second-order valence-electron chi connectivity index (χ2n) is 8.28. The molecule has 1 fully saturated rings. The molecule has 1 aliphatic heterocycles. The molecule has 1 N–H and O–H groups in total. The third-order valence-electron chi connectivity index (χ3n) is 5.78. The van der Waals surface area contributed by atoms with Crippen molar-refractivity contribution in [1.29, 1.82) is 0 Å². The van der Waals surface area contributed by atoms with E-state index >= 15 is 0 Å². The van der Waals surface area contributed by atoms with Crippen LogP contribution in [0.3, 0.4) is 0 Å². The van der Waals surface area contributed by atoms with Crippen LogP contribution in [0.15, 0.2) is 59.8 Å². The van der Waals surface area contributed by atoms with Gasteiger partial charge in [0.2, 0.25) is 5.91 Å². The molecular formula is C25H31N5O3S. The van der Waals surface area contributed by atoms with Crippen molar-refractivity contribution >= 4 is 29.2 Å². The van der Waals surface area contributed by atoms with E-state index in [0.717, 1.165) is 28.4 Å². The van der Waals surface area contributed by atoms with Gasteiger partial charge in [0, 0.05) is 75.0 Å². The minimum atomic E-state index is 0.0209. The highest BCUT2D eigenvalue weighted by molar-refractivity contribution is 7.98. The van der Waals surface area contributed by atoms with Crippen molar-refractivity contribution in [3.63, 3.8) is 0 Å². The third-order valence-corrected chi connectivity index (χ3v) is 6.82. The predicted octanol–water partition coefficient (Wildman–Crippen LogP) is 2.54. The number of hydrogen-bond donors (Lipinski definition) is 1. The Bertz CT molecular complexity index is 1060. The number of ether oxygens (including phenoxy) is 1. The van der Waals surface area contributed by atoms with Crippen LogP contribution in [-0.4, -0.2) is 84.0 Å². The highest BCUT2D eigenvalue weighted by atomic mass is 32.2. The van der Waals surface area contributed by atoms with Crippen molar-refractivity contribution in [2.45, 2.75) is 17.1 Å². The molecule has 9 heteroatoms. The van der Waals surface area contributed by atoms with Crippen LogP contribution in [0.25, 0.3) is 5.65 Å². The van der Waals surface area contributed by atoms with Gasteiger partial charge in [-0.25, -0.2) is 4.98 Å². The number of piperazine rings is 1. The van der Waals surface area contributed by atoms with Crippen molar-refractivity contribution in [3.05, 3.63) is 66.1 Å². The molecule has 2 aromatic heterocycles. The molecule has 0 bridgehead atoms. The standard InChI is InChI=1S/C25H31N5O3S/c1-33-16-4-10-26-24(31)18-28-12-14-29(15-13-28)25(32)20-6-8-22(9-7-20)34-19-21-17-30-11-3-2-5-23(30)27-21/h2-3,5-9,11,17H,4,10,12-16,18-19H2,1H3,(H,26,31). The minimum Gasteiger partial charge on any atom is -0.385 e. The van der Waals surface area contributed by atoms with Crippen LogP contribution in [0.4, 0.5) is 0 Å². The van der Waals surface area contributed by atoms with Gasteiger partial charge in [-0.1, -0.05) is 6.07 Å². The van der Waals surface area contributed by atoms with Crippen LogP contribution < -0.4 is 5.32 Å². The predicted molar refractivity (Wildman–Crippen MR) is 133 cm³/mol. The van der Waals surface area contributed by atoms with E-state index in [-0.39, 0.29) is 11.8 Å². The van der Waals surface area contributed by atoms with E-state index in [2.05, 4.69) is 15.2 Å². The first-order valence-corrected chi connectivity index (χ1v) is 12.5. The van der Waals surface area contributed by atoms with Gasteiger partial charge in [-0.3, -0.25) is 14.5 Å². The van der Waals surface area contributed by atoms with Gasteiger partial charge in [0.15, 0.2) is 0 Å². The number of thioether (sulfide) groups is 1. The fraction of sp³-hybridized carbons (Fsp3) is 0.400. The third kappa shape index (κ3) is 6.59. The van der Waals surface area contributed by atoms with Crippen LogP contribution >= 0.6 is 11.8 Å². The topological polar surface area (TPSA) is 79.2 Å². The zero-order chi connectivity index (χ0) is 23.8. The van der Waals surface area contributed by atoms with E-state index in [1.54, 1.807) is 18.9 Å². The quantitative estimate of drug-likeness (QED) is 0.354. The fourth-order valence-electron chi connectivity index (χ4n) is 3.90. The van der Waals surface area contributed by atoms with Crippen molar-refractivity contribution in [1.82, 2.24) is 24.5 Å². The van der Waals surface area contributed by atoms with Gasteiger partial charge in [-0.2, -0.15) is 0 Å². The number of imidazole rings is 1. The second-order valence-corrected chi connectivity index (χ2v) is 9.32. The maximum Gasteiger partial charge on any atom is 0.253 e. The lowest BCUT2D eigenvalue weighted by atomic mass is 10.2. The van der Waals surface area contributed by atoms with Crippen molar-refractivity contribution < 1.29 is 14.3 Å². The van der Waals surface area contributed by atoms with Crippen LogP contribution in [0.5, 0.6) is 0 Å². The molecule has 34 heavy (non-hydrogen) atoms. The Morgan fingerprint density at radius 2 is 1.88 bits per heavy atom. The molecule has 0 unspecified atom stereocenters. The number of aromatic nitrogens is 2. The van der Waals surface area contributed by atoms with Crippen molar-refractivity contribution in [2.75, 3.05) is 53.0 Å². The van der Waals surface area contributed by atoms with E-state index in [9.17, 15) is 9.59 Å². The Morgan fingerprint density at radius 3 is 2.62 bits per heavy atom. The molecule has 1 aliphatic rings. The number of carbonyl (C=O) groups is 2. The van der Waals surface area contributed by atoms with Gasteiger partial charge in [0.05, 0.1) is 12.2 Å². The van der Waals surface area contributed by atoms with E-state index in [4.69, 9.17) is 4.74 Å². The second kappa shape index (κ2) is 12.0. The number of rotatable bonds is 10. The Kier molecular flexibility index (Phi) is 8.56. The van der Waals surface area contributed by atoms with Gasteiger partial charge < -0.3 is 19.4 Å². The maximum absolute atomic E-state index is 12.9. The normalized spacial score (nSPS) is 14.4. The number of fused-ring (bicyclic) bond motifs is 1. The smallest absolute Gasteiger partial charge is 0.253 e. The highest BCUT2D eigenvalue weighted by Gasteiger charge is 2.23. The lowest BCUT2D eigenvalue weighted by Gasteiger charge is -2.34. The molecule has 0 radical (unpaired) electrons. The number of nitrogens with zero attached hydrogens (tertiary/aromatic N) is 4. The maximum atomic E-state index is 12.9. The summed E-state index contributed by atoms with van der Waals surface area (Å²) in [5.74, 6) is 0.838. The Balaban J connectivity index is 1.21. The van der Waals surface area contributed by atoms with Crippen LogP contribution in [0.1, 0.15) is 22.5 Å². The molecular weight excluding hydrogens is 450 g/mol. The summed E-state index contributed by atoms with van der Waals surface area (Å²) < 4.78 is 7.01. The summed E-state index contributed by atoms with van der Waals surface area (Å²) in [7, 11) is 1.65. The lowest BCUT2D eigenvalue weighted by Crippen LogP contribution is -2.51. The molecule has 3 heterocycles. The number of nitrogens with one attached hydrogen (secondary N) is 1. The number of methoxy groups -OCH3 is 1. The van der Waals surface area contributed by atoms with Crippen LogP contribution in [0, 0.1) is 0 Å². The summed E-state index contributed by atoms with van der Waals surface area (Å²) in [6.07, 6.45) is 4.85. The molecule has 3 aromatic rings. The summed E-state index contributed by atoms with van der Waals surface area (Å²) in [4.78, 5) is 34.7. The fourth-order valence-corrected chi connectivity index (χ4v) is 4.68. The van der Waals surface area contributed by atoms with Crippen LogP contribution in [0.2, 0.25) is 0 Å². The van der Waals surface area contributed by atoms with Gasteiger partial charge in [-0.05, 0) is 42.8 Å². The Morgan fingerprint density at radius 1 is 1.09 bits per heavy atom. The van der Waals surface area contributed by atoms with E-state index in [1.807, 2.05) is 64.2 Å². The first kappa shape index (κ1) is 24.3. The minimum absolute atomic E-state index is 0.0209. The van der Waals surface area contributed by atoms with Crippen LogP contribution in [-0.2, 0) is 15.3 Å². The lowest BCUT2D eigenvalue weighted by molar-refractivity contribution is -0.122. The molecule has 1 saturated heterocycles. The monoisotopic (exact) mass is 481 g/mol. The number of carbonyl (C=O) groups excluding carboxylic acids is 2. The van der Waals surface area contributed by atoms with Gasteiger partial charge in [0.1, 0.15) is 5.65 Å². The Labute approximate surface area is 204 Å². The molecule has 8 nitrogen and oxygen atoms in total. The Hall–Kier alpha value is -2.88. The molecule has 180 valence electrons. The van der Waals surface area contributed by atoms with E-state index in [1.165, 1.54) is 0 Å². The van der Waals surface area contributed by atoms with Crippen molar-refractivity contribution in [2.24, 2.45) is 0 Å². The zero-order valence-electron chi connectivity index (χ0n) is 19.5. The van der Waals surface area contributed by atoms with Gasteiger partial charge in [0.25, 0.3) is 5.91 Å². The zero-order valence-corrected chi connectivity index (χ0v) is 20.3. The largest absolute Gasteiger partial charge is 0.385 e. The van der Waals surface area contributed by atoms with Gasteiger partial charge >= 0.3 is 0 Å². The first-order valence-electron chi connectivity index (χ1n) is 11.5. The number of pyridine rings is 1. The molecule has 1 aromatic carbocycles. The molecule has 0 spiro atoms. The SMILES string of the molecule is COCCCNC(=O)CN1CCN(C(=O)c2ccc(SCc3cn4ccccc4n3)cc2)CC1. The number of benzene rings is 1. The average Bonchev–Trinajstić information content (AvgIpc) is 3.29. The highest BCUT2D eigenvalue weighted by Crippen LogP contribution is 2.23. The molecule has 4 rings (SSSR count). The molecule has 0 saturated carbocycles. The summed E-state index contributed by atoms with van der Waals surface area (Å²) in [5, 5.41) is 2.91. The summed E-state index contributed by atoms with van der Waals surface area (Å²) in [6, 6.07) is 13.8. The first-order chi connectivity index (χ1) is 16.6.